The number of carbonyl (C=O) groups is 2. The molecule has 0 saturated carbocycles. The molecule has 0 atom stereocenters. The first kappa shape index (κ1) is 22.7. The number of nitrogens with one attached hydrogen (secondary N) is 1. The van der Waals surface area contributed by atoms with Crippen LogP contribution < -0.4 is 4.74 Å². The van der Waals surface area contributed by atoms with E-state index >= 15 is 0 Å². The number of aromatic amines is 1. The van der Waals surface area contributed by atoms with E-state index in [0.29, 0.717) is 29.1 Å². The Balaban J connectivity index is 1.91. The lowest BCUT2D eigenvalue weighted by molar-refractivity contribution is 0.0525. The van der Waals surface area contributed by atoms with Crippen molar-refractivity contribution in [2.75, 3.05) is 13.7 Å². The number of nitrogens with zero attached hydrogens (tertiary/aromatic N) is 1. The fraction of sp³-hybridized carbons (Fsp3) is 0.304. The lowest BCUT2D eigenvalue weighted by atomic mass is 10.1. The highest BCUT2D eigenvalue weighted by Crippen LogP contribution is 2.24. The highest BCUT2D eigenvalue weighted by Gasteiger charge is 2.24. The smallest absolute Gasteiger partial charge is 0.340 e. The fourth-order valence-corrected chi connectivity index (χ4v) is 3.72. The molecule has 1 amide bonds. The molecule has 0 aliphatic carbocycles. The number of halogens is 1. The van der Waals surface area contributed by atoms with Gasteiger partial charge in [-0.25, -0.2) is 4.79 Å². The zero-order chi connectivity index (χ0) is 22.5. The maximum Gasteiger partial charge on any atom is 0.340 e. The van der Waals surface area contributed by atoms with Gasteiger partial charge in [-0.2, -0.15) is 0 Å². The van der Waals surface area contributed by atoms with Gasteiger partial charge in [-0.1, -0.05) is 12.1 Å². The molecule has 0 aliphatic rings. The third kappa shape index (κ3) is 5.19. The van der Waals surface area contributed by atoms with Gasteiger partial charge < -0.3 is 23.8 Å². The van der Waals surface area contributed by atoms with Gasteiger partial charge in [0.15, 0.2) is 10.4 Å². The van der Waals surface area contributed by atoms with E-state index in [1.54, 1.807) is 31.1 Å². The van der Waals surface area contributed by atoms with Crippen LogP contribution in [0.3, 0.4) is 0 Å². The number of H-pyrrole nitrogens is 1. The molecule has 1 aromatic carbocycles. The third-order valence-corrected chi connectivity index (χ3v) is 5.40. The molecule has 0 fully saturated rings. The first-order chi connectivity index (χ1) is 14.8. The monoisotopic (exact) mass is 488 g/mol. The number of ether oxygens (including phenoxy) is 2. The quantitative estimate of drug-likeness (QED) is 0.450. The predicted octanol–water partition coefficient (Wildman–Crippen LogP) is 5.01. The minimum atomic E-state index is -0.372. The SMILES string of the molecule is CCOC(=O)c1c(C)[nH]c(CN(Cc2ccc(OC)cc2)C(=O)c2ccc(Br)o2)c1C. The standard InChI is InChI=1S/C23H25BrN2O5/c1-5-30-23(28)21-14(2)18(25-15(21)3)13-26(22(27)19-10-11-20(24)31-19)12-16-6-8-17(29-4)9-7-16/h6-11,25H,5,12-13H2,1-4H3. The number of hydrogen-bond donors (Lipinski definition) is 1. The summed E-state index contributed by atoms with van der Waals surface area (Å²) in [5, 5.41) is 0. The molecule has 7 nitrogen and oxygen atoms in total. The zero-order valence-corrected chi connectivity index (χ0v) is 19.5. The Hall–Kier alpha value is -3.00. The van der Waals surface area contributed by atoms with E-state index in [0.717, 1.165) is 22.6 Å². The van der Waals surface area contributed by atoms with Crippen molar-refractivity contribution in [3.8, 4) is 5.75 Å². The van der Waals surface area contributed by atoms with Crippen LogP contribution in [-0.4, -0.2) is 35.5 Å². The number of esters is 1. The van der Waals surface area contributed by atoms with Crippen molar-refractivity contribution >= 4 is 27.8 Å². The van der Waals surface area contributed by atoms with Crippen molar-refractivity contribution in [1.82, 2.24) is 9.88 Å². The van der Waals surface area contributed by atoms with Crippen molar-refractivity contribution in [3.63, 3.8) is 0 Å². The number of rotatable bonds is 8. The second-order valence-corrected chi connectivity index (χ2v) is 7.84. The summed E-state index contributed by atoms with van der Waals surface area (Å²) in [5.74, 6) is 0.340. The second kappa shape index (κ2) is 9.87. The van der Waals surface area contributed by atoms with Crippen LogP contribution in [0.15, 0.2) is 45.5 Å². The summed E-state index contributed by atoms with van der Waals surface area (Å²) in [4.78, 5) is 30.5. The third-order valence-electron chi connectivity index (χ3n) is 4.97. The molecule has 0 radical (unpaired) electrons. The molecule has 31 heavy (non-hydrogen) atoms. The van der Waals surface area contributed by atoms with Crippen LogP contribution in [0.4, 0.5) is 0 Å². The molecule has 0 spiro atoms. The summed E-state index contributed by atoms with van der Waals surface area (Å²) in [6.45, 7) is 6.37. The summed E-state index contributed by atoms with van der Waals surface area (Å²) in [6.07, 6.45) is 0. The number of methoxy groups -OCH3 is 1. The normalized spacial score (nSPS) is 10.7. The van der Waals surface area contributed by atoms with Gasteiger partial charge in [-0.15, -0.1) is 0 Å². The second-order valence-electron chi connectivity index (χ2n) is 7.06. The minimum Gasteiger partial charge on any atom is -0.497 e. The molecule has 0 saturated heterocycles. The van der Waals surface area contributed by atoms with Gasteiger partial charge >= 0.3 is 5.97 Å². The van der Waals surface area contributed by atoms with Gasteiger partial charge in [-0.05, 0) is 72.1 Å². The first-order valence-electron chi connectivity index (χ1n) is 9.86. The van der Waals surface area contributed by atoms with E-state index < -0.39 is 0 Å². The highest BCUT2D eigenvalue weighted by molar-refractivity contribution is 9.10. The van der Waals surface area contributed by atoms with E-state index in [4.69, 9.17) is 13.9 Å². The maximum atomic E-state index is 13.2. The van der Waals surface area contributed by atoms with Gasteiger partial charge in [0, 0.05) is 17.9 Å². The molecule has 2 aromatic heterocycles. The van der Waals surface area contributed by atoms with Crippen molar-refractivity contribution < 1.29 is 23.5 Å². The van der Waals surface area contributed by atoms with Crippen molar-refractivity contribution in [2.24, 2.45) is 0 Å². The number of carbonyl (C=O) groups excluding carboxylic acids is 2. The number of amides is 1. The minimum absolute atomic E-state index is 0.229. The van der Waals surface area contributed by atoms with Crippen LogP contribution in [0.25, 0.3) is 0 Å². The maximum absolute atomic E-state index is 13.2. The molecule has 0 unspecified atom stereocenters. The van der Waals surface area contributed by atoms with Crippen LogP contribution in [0.1, 0.15) is 50.4 Å². The number of benzene rings is 1. The predicted molar refractivity (Wildman–Crippen MR) is 119 cm³/mol. The summed E-state index contributed by atoms with van der Waals surface area (Å²) in [5.41, 5.74) is 3.70. The highest BCUT2D eigenvalue weighted by atomic mass is 79.9. The Morgan fingerprint density at radius 1 is 1.10 bits per heavy atom. The van der Waals surface area contributed by atoms with Gasteiger partial charge in [0.1, 0.15) is 5.75 Å². The molecule has 2 heterocycles. The molecule has 0 aliphatic heterocycles. The van der Waals surface area contributed by atoms with Gasteiger partial charge in [-0.3, -0.25) is 4.79 Å². The molecule has 1 N–H and O–H groups in total. The summed E-state index contributed by atoms with van der Waals surface area (Å²) in [6, 6.07) is 10.8. The van der Waals surface area contributed by atoms with Gasteiger partial charge in [0.05, 0.1) is 25.8 Å². The largest absolute Gasteiger partial charge is 0.497 e. The zero-order valence-electron chi connectivity index (χ0n) is 18.0. The van der Waals surface area contributed by atoms with Crippen LogP contribution in [0.5, 0.6) is 5.75 Å². The average Bonchev–Trinajstić information content (AvgIpc) is 3.30. The summed E-state index contributed by atoms with van der Waals surface area (Å²) < 4.78 is 16.4. The van der Waals surface area contributed by atoms with Gasteiger partial charge in [0.2, 0.25) is 0 Å². The Kier molecular flexibility index (Phi) is 7.22. The lowest BCUT2D eigenvalue weighted by Gasteiger charge is -2.22. The molecular weight excluding hydrogens is 464 g/mol. The van der Waals surface area contributed by atoms with E-state index in [2.05, 4.69) is 20.9 Å². The Morgan fingerprint density at radius 3 is 2.39 bits per heavy atom. The van der Waals surface area contributed by atoms with Crippen molar-refractivity contribution in [3.05, 3.63) is 74.9 Å². The van der Waals surface area contributed by atoms with Gasteiger partial charge in [0.25, 0.3) is 5.91 Å². The Bertz CT molecular complexity index is 1070. The molecule has 3 aromatic rings. The molecule has 8 heteroatoms. The Labute approximate surface area is 189 Å². The van der Waals surface area contributed by atoms with Crippen LogP contribution in [0.2, 0.25) is 0 Å². The van der Waals surface area contributed by atoms with Crippen LogP contribution >= 0.6 is 15.9 Å². The van der Waals surface area contributed by atoms with Crippen molar-refractivity contribution in [2.45, 2.75) is 33.9 Å². The average molecular weight is 489 g/mol. The summed E-state index contributed by atoms with van der Waals surface area (Å²) >= 11 is 3.25. The van der Waals surface area contributed by atoms with E-state index in [1.807, 2.05) is 38.1 Å². The van der Waals surface area contributed by atoms with E-state index in [1.165, 1.54) is 0 Å². The van der Waals surface area contributed by atoms with Crippen LogP contribution in [0, 0.1) is 13.8 Å². The Morgan fingerprint density at radius 2 is 1.81 bits per heavy atom. The first-order valence-corrected chi connectivity index (χ1v) is 10.7. The van der Waals surface area contributed by atoms with E-state index in [9.17, 15) is 9.59 Å². The number of furan rings is 1. The fourth-order valence-electron chi connectivity index (χ4n) is 3.41. The lowest BCUT2D eigenvalue weighted by Crippen LogP contribution is -2.30. The molecule has 3 rings (SSSR count). The topological polar surface area (TPSA) is 84.8 Å². The van der Waals surface area contributed by atoms with Crippen molar-refractivity contribution in [1.29, 1.82) is 0 Å². The number of hydrogen-bond acceptors (Lipinski definition) is 5. The molecule has 0 bridgehead atoms. The number of aromatic nitrogens is 1. The van der Waals surface area contributed by atoms with E-state index in [-0.39, 0.29) is 24.2 Å². The number of aryl methyl sites for hydroxylation is 1. The molecule has 164 valence electrons. The molecular formula is C23H25BrN2O5. The summed E-state index contributed by atoms with van der Waals surface area (Å²) in [7, 11) is 1.61. The van der Waals surface area contributed by atoms with Crippen LogP contribution in [-0.2, 0) is 17.8 Å².